The van der Waals surface area contributed by atoms with Crippen LogP contribution in [-0.2, 0) is 0 Å². The topological polar surface area (TPSA) is 65.2 Å². The van der Waals surface area contributed by atoms with E-state index < -0.39 is 0 Å². The maximum atomic E-state index is 11.7. The molecule has 2 rings (SSSR count). The number of rotatable bonds is 3. The third kappa shape index (κ3) is 3.19. The number of carbonyl (C=O) groups is 1. The summed E-state index contributed by atoms with van der Waals surface area (Å²) in [4.78, 5) is 12.2. The fourth-order valence-electron chi connectivity index (χ4n) is 1.37. The van der Waals surface area contributed by atoms with Crippen LogP contribution in [0.3, 0.4) is 0 Å². The first-order valence-corrected chi connectivity index (χ1v) is 6.54. The van der Waals surface area contributed by atoms with E-state index in [1.54, 1.807) is 41.8 Å². The summed E-state index contributed by atoms with van der Waals surface area (Å²) in [6.07, 6.45) is 0. The Morgan fingerprint density at radius 3 is 2.74 bits per heavy atom. The van der Waals surface area contributed by atoms with Gasteiger partial charge in [0, 0.05) is 5.56 Å². The maximum absolute atomic E-state index is 11.7. The Morgan fingerprint density at radius 1 is 1.32 bits per heavy atom. The highest BCUT2D eigenvalue weighted by Crippen LogP contribution is 2.15. The molecule has 1 aromatic carbocycles. The molecule has 0 unspecified atom stereocenters. The SMILES string of the molecule is N#C/C(=N/NC(=O)c1cccs1)c1ccccc1Cl. The summed E-state index contributed by atoms with van der Waals surface area (Å²) >= 11 is 7.27. The molecule has 6 heteroatoms. The van der Waals surface area contributed by atoms with Crippen molar-refractivity contribution >= 4 is 34.6 Å². The number of nitrogens with one attached hydrogen (secondary N) is 1. The van der Waals surface area contributed by atoms with Gasteiger partial charge in [0.05, 0.1) is 9.90 Å². The molecule has 0 saturated carbocycles. The number of amides is 1. The first-order valence-electron chi connectivity index (χ1n) is 5.29. The lowest BCUT2D eigenvalue weighted by Crippen LogP contribution is -2.18. The smallest absolute Gasteiger partial charge is 0.266 e. The molecule has 0 aliphatic rings. The molecule has 1 N–H and O–H groups in total. The summed E-state index contributed by atoms with van der Waals surface area (Å²) < 4.78 is 0. The third-order valence-electron chi connectivity index (χ3n) is 2.25. The molecule has 1 aromatic heterocycles. The van der Waals surface area contributed by atoms with E-state index in [2.05, 4.69) is 10.5 Å². The Bertz CT molecular complexity index is 659. The summed E-state index contributed by atoms with van der Waals surface area (Å²) in [7, 11) is 0. The van der Waals surface area contributed by atoms with E-state index in [4.69, 9.17) is 16.9 Å². The van der Waals surface area contributed by atoms with Gasteiger partial charge in [-0.1, -0.05) is 35.9 Å². The van der Waals surface area contributed by atoms with Crippen molar-refractivity contribution in [2.75, 3.05) is 0 Å². The Balaban J connectivity index is 2.20. The second kappa shape index (κ2) is 6.14. The zero-order valence-corrected chi connectivity index (χ0v) is 11.2. The van der Waals surface area contributed by atoms with E-state index in [1.165, 1.54) is 11.3 Å². The Labute approximate surface area is 118 Å². The summed E-state index contributed by atoms with van der Waals surface area (Å²) in [5.41, 5.74) is 2.89. The van der Waals surface area contributed by atoms with Gasteiger partial charge in [-0.15, -0.1) is 11.3 Å². The fourth-order valence-corrected chi connectivity index (χ4v) is 2.21. The Morgan fingerprint density at radius 2 is 2.11 bits per heavy atom. The molecule has 1 heterocycles. The van der Waals surface area contributed by atoms with Crippen LogP contribution < -0.4 is 5.43 Å². The molecule has 2 aromatic rings. The predicted octanol–water partition coefficient (Wildman–Crippen LogP) is 3.06. The molecule has 0 aliphatic heterocycles. The van der Waals surface area contributed by atoms with Crippen LogP contribution in [0.4, 0.5) is 0 Å². The molecule has 94 valence electrons. The second-order valence-electron chi connectivity index (χ2n) is 3.47. The van der Waals surface area contributed by atoms with Crippen molar-refractivity contribution in [3.8, 4) is 6.07 Å². The highest BCUT2D eigenvalue weighted by molar-refractivity contribution is 7.12. The standard InChI is InChI=1S/C13H8ClN3OS/c14-10-5-2-1-4-9(10)11(8-15)16-17-13(18)12-6-3-7-19-12/h1-7H,(H,17,18)/b16-11-. The van der Waals surface area contributed by atoms with Crippen molar-refractivity contribution in [1.82, 2.24) is 5.43 Å². The molecule has 0 fully saturated rings. The quantitative estimate of drug-likeness (QED) is 0.697. The van der Waals surface area contributed by atoms with Crippen LogP contribution >= 0.6 is 22.9 Å². The largest absolute Gasteiger partial charge is 0.281 e. The number of hydrazone groups is 1. The molecule has 0 spiro atoms. The van der Waals surface area contributed by atoms with Crippen molar-refractivity contribution in [2.45, 2.75) is 0 Å². The van der Waals surface area contributed by atoms with Gasteiger partial charge in [0.2, 0.25) is 0 Å². The molecule has 0 atom stereocenters. The number of benzene rings is 1. The number of halogens is 1. The van der Waals surface area contributed by atoms with Crippen molar-refractivity contribution < 1.29 is 4.79 Å². The molecule has 0 aliphatic carbocycles. The Kier molecular flexibility index (Phi) is 4.29. The lowest BCUT2D eigenvalue weighted by atomic mass is 10.1. The lowest BCUT2D eigenvalue weighted by Gasteiger charge is -2.01. The van der Waals surface area contributed by atoms with Gasteiger partial charge in [-0.2, -0.15) is 10.4 Å². The van der Waals surface area contributed by atoms with Crippen LogP contribution in [0.25, 0.3) is 0 Å². The average Bonchev–Trinajstić information content (AvgIpc) is 2.95. The van der Waals surface area contributed by atoms with E-state index in [1.807, 2.05) is 6.07 Å². The zero-order chi connectivity index (χ0) is 13.7. The monoisotopic (exact) mass is 289 g/mol. The summed E-state index contributed by atoms with van der Waals surface area (Å²) in [6.45, 7) is 0. The number of thiophene rings is 1. The van der Waals surface area contributed by atoms with Crippen molar-refractivity contribution in [3.63, 3.8) is 0 Å². The first kappa shape index (κ1) is 13.3. The minimum atomic E-state index is -0.352. The van der Waals surface area contributed by atoms with Gasteiger partial charge in [0.25, 0.3) is 5.91 Å². The number of hydrogen-bond acceptors (Lipinski definition) is 4. The normalized spacial score (nSPS) is 10.8. The van der Waals surface area contributed by atoms with Gasteiger partial charge in [0.1, 0.15) is 6.07 Å². The first-order chi connectivity index (χ1) is 9.22. The molecule has 0 saturated heterocycles. The molecule has 4 nitrogen and oxygen atoms in total. The molecule has 19 heavy (non-hydrogen) atoms. The highest BCUT2D eigenvalue weighted by atomic mass is 35.5. The molecular weight excluding hydrogens is 282 g/mol. The number of nitrogens with zero attached hydrogens (tertiary/aromatic N) is 2. The van der Waals surface area contributed by atoms with Crippen LogP contribution in [0.5, 0.6) is 0 Å². The van der Waals surface area contributed by atoms with E-state index in [0.29, 0.717) is 15.5 Å². The molecule has 0 bridgehead atoms. The molecular formula is C13H8ClN3OS. The number of carbonyl (C=O) groups excluding carboxylic acids is 1. The van der Waals surface area contributed by atoms with Crippen LogP contribution in [0.15, 0.2) is 46.9 Å². The van der Waals surface area contributed by atoms with E-state index in [0.717, 1.165) is 0 Å². The predicted molar refractivity (Wildman–Crippen MR) is 75.4 cm³/mol. The lowest BCUT2D eigenvalue weighted by molar-refractivity contribution is 0.0959. The van der Waals surface area contributed by atoms with Crippen LogP contribution in [0.1, 0.15) is 15.2 Å². The minimum absolute atomic E-state index is 0.0653. The second-order valence-corrected chi connectivity index (χ2v) is 4.83. The van der Waals surface area contributed by atoms with E-state index >= 15 is 0 Å². The van der Waals surface area contributed by atoms with Gasteiger partial charge < -0.3 is 0 Å². The van der Waals surface area contributed by atoms with Crippen molar-refractivity contribution in [2.24, 2.45) is 5.10 Å². The summed E-state index contributed by atoms with van der Waals surface area (Å²) in [5.74, 6) is -0.352. The highest BCUT2D eigenvalue weighted by Gasteiger charge is 2.09. The summed E-state index contributed by atoms with van der Waals surface area (Å²) in [5, 5.41) is 15.1. The number of hydrogen-bond donors (Lipinski definition) is 1. The molecule has 0 radical (unpaired) electrons. The average molecular weight is 290 g/mol. The van der Waals surface area contributed by atoms with E-state index in [9.17, 15) is 4.79 Å². The van der Waals surface area contributed by atoms with Crippen LogP contribution in [-0.4, -0.2) is 11.6 Å². The summed E-state index contributed by atoms with van der Waals surface area (Å²) in [6, 6.07) is 12.2. The van der Waals surface area contributed by atoms with Crippen LogP contribution in [0, 0.1) is 11.3 Å². The van der Waals surface area contributed by atoms with Crippen LogP contribution in [0.2, 0.25) is 5.02 Å². The van der Waals surface area contributed by atoms with Gasteiger partial charge in [0.15, 0.2) is 5.71 Å². The van der Waals surface area contributed by atoms with Gasteiger partial charge >= 0.3 is 0 Å². The number of nitriles is 1. The minimum Gasteiger partial charge on any atom is -0.266 e. The molecule has 1 amide bonds. The fraction of sp³-hybridized carbons (Fsp3) is 0. The van der Waals surface area contributed by atoms with Gasteiger partial charge in [-0.25, -0.2) is 5.43 Å². The maximum Gasteiger partial charge on any atom is 0.281 e. The van der Waals surface area contributed by atoms with Gasteiger partial charge in [-0.3, -0.25) is 4.79 Å². The zero-order valence-electron chi connectivity index (χ0n) is 9.63. The van der Waals surface area contributed by atoms with Gasteiger partial charge in [-0.05, 0) is 17.5 Å². The third-order valence-corrected chi connectivity index (χ3v) is 3.45. The Hall–Kier alpha value is -2.16. The van der Waals surface area contributed by atoms with E-state index in [-0.39, 0.29) is 11.6 Å². The van der Waals surface area contributed by atoms with Crippen molar-refractivity contribution in [3.05, 3.63) is 57.2 Å². The van der Waals surface area contributed by atoms with Crippen molar-refractivity contribution in [1.29, 1.82) is 5.26 Å².